The van der Waals surface area contributed by atoms with Crippen LogP contribution < -0.4 is 0 Å². The first kappa shape index (κ1) is 15.8. The first-order valence-electron chi connectivity index (χ1n) is 4.83. The lowest BCUT2D eigenvalue weighted by atomic mass is 10.1. The maximum atomic E-state index is 4.30. The van der Waals surface area contributed by atoms with E-state index < -0.39 is 0 Å². The molecule has 14 heavy (non-hydrogen) atoms. The highest BCUT2D eigenvalue weighted by atomic mass is 32.2. The molecule has 0 aromatic carbocycles. The molecule has 0 atom stereocenters. The first-order chi connectivity index (χ1) is 6.85. The van der Waals surface area contributed by atoms with Gasteiger partial charge in [0.25, 0.3) is 0 Å². The number of thiol groups is 3. The molecule has 0 nitrogen and oxygen atoms in total. The smallest absolute Gasteiger partial charge is 0.00211 e. The number of thioether (sulfide) groups is 2. The van der Waals surface area contributed by atoms with E-state index in [1.807, 2.05) is 23.5 Å². The molecule has 0 aliphatic heterocycles. The van der Waals surface area contributed by atoms with Gasteiger partial charge in [-0.3, -0.25) is 0 Å². The van der Waals surface area contributed by atoms with Crippen LogP contribution in [0.2, 0.25) is 0 Å². The molecule has 0 aliphatic rings. The summed E-state index contributed by atoms with van der Waals surface area (Å²) in [5.74, 6) is 8.67. The van der Waals surface area contributed by atoms with Crippen molar-refractivity contribution in [2.24, 2.45) is 5.92 Å². The molecular weight excluding hydrogens is 268 g/mol. The molecule has 86 valence electrons. The normalized spacial score (nSPS) is 11.1. The van der Waals surface area contributed by atoms with Crippen molar-refractivity contribution in [3.63, 3.8) is 0 Å². The highest BCUT2D eigenvalue weighted by Crippen LogP contribution is 2.18. The van der Waals surface area contributed by atoms with Crippen molar-refractivity contribution in [3.8, 4) is 0 Å². The van der Waals surface area contributed by atoms with E-state index in [0.717, 1.165) is 23.2 Å². The van der Waals surface area contributed by atoms with E-state index in [9.17, 15) is 0 Å². The lowest BCUT2D eigenvalue weighted by molar-refractivity contribution is 0.655. The molecule has 0 aromatic heterocycles. The molecule has 0 radical (unpaired) electrons. The van der Waals surface area contributed by atoms with E-state index in [1.165, 1.54) is 29.4 Å². The van der Waals surface area contributed by atoms with Gasteiger partial charge in [-0.2, -0.15) is 61.4 Å². The minimum atomic E-state index is 0.822. The van der Waals surface area contributed by atoms with Crippen LogP contribution in [-0.4, -0.2) is 40.3 Å². The Morgan fingerprint density at radius 3 is 1.64 bits per heavy atom. The van der Waals surface area contributed by atoms with E-state index in [0.29, 0.717) is 0 Å². The Labute approximate surface area is 113 Å². The van der Waals surface area contributed by atoms with Gasteiger partial charge >= 0.3 is 0 Å². The van der Waals surface area contributed by atoms with Gasteiger partial charge in [0.15, 0.2) is 0 Å². The molecule has 0 saturated carbocycles. The molecule has 0 aromatic rings. The monoisotopic (exact) mass is 288 g/mol. The fourth-order valence-electron chi connectivity index (χ4n) is 1.03. The molecule has 0 saturated heterocycles. The van der Waals surface area contributed by atoms with Crippen molar-refractivity contribution in [2.75, 3.05) is 40.3 Å². The molecule has 0 amide bonds. The third-order valence-corrected chi connectivity index (χ3v) is 5.43. The largest absolute Gasteiger partial charge is 0.179 e. The van der Waals surface area contributed by atoms with E-state index >= 15 is 0 Å². The van der Waals surface area contributed by atoms with Gasteiger partial charge in [-0.05, 0) is 41.1 Å². The third kappa shape index (κ3) is 10.3. The van der Waals surface area contributed by atoms with Crippen molar-refractivity contribution < 1.29 is 0 Å². The summed E-state index contributed by atoms with van der Waals surface area (Å²) in [7, 11) is 0. The Balaban J connectivity index is 3.44. The van der Waals surface area contributed by atoms with Crippen LogP contribution in [0.5, 0.6) is 0 Å². The van der Waals surface area contributed by atoms with Gasteiger partial charge in [-0.25, -0.2) is 0 Å². The summed E-state index contributed by atoms with van der Waals surface area (Å²) in [6, 6.07) is 0. The van der Waals surface area contributed by atoms with Gasteiger partial charge in [-0.15, -0.1) is 0 Å². The van der Waals surface area contributed by atoms with Crippen LogP contribution in [0.25, 0.3) is 0 Å². The van der Waals surface area contributed by atoms with E-state index in [4.69, 9.17) is 0 Å². The molecule has 0 unspecified atom stereocenters. The quantitative estimate of drug-likeness (QED) is 0.417. The minimum Gasteiger partial charge on any atom is -0.179 e. The Morgan fingerprint density at radius 2 is 1.29 bits per heavy atom. The zero-order valence-electron chi connectivity index (χ0n) is 8.39. The molecular formula is C9H20S5. The van der Waals surface area contributed by atoms with E-state index in [1.54, 1.807) is 0 Å². The average molecular weight is 289 g/mol. The lowest BCUT2D eigenvalue weighted by Crippen LogP contribution is -2.09. The first-order valence-corrected chi connectivity index (χ1v) is 9.03. The van der Waals surface area contributed by atoms with Crippen LogP contribution in [-0.2, 0) is 0 Å². The van der Waals surface area contributed by atoms with Gasteiger partial charge in [-0.1, -0.05) is 0 Å². The third-order valence-electron chi connectivity index (χ3n) is 1.72. The molecule has 0 spiro atoms. The molecule has 5 heteroatoms. The van der Waals surface area contributed by atoms with Crippen molar-refractivity contribution in [1.29, 1.82) is 0 Å². The van der Waals surface area contributed by atoms with Crippen LogP contribution in [0.3, 0.4) is 0 Å². The van der Waals surface area contributed by atoms with Gasteiger partial charge in [0.2, 0.25) is 0 Å². The summed E-state index contributed by atoms with van der Waals surface area (Å²) in [5, 5.41) is 0. The number of hydrogen-bond donors (Lipinski definition) is 3. The van der Waals surface area contributed by atoms with Gasteiger partial charge in [0.05, 0.1) is 0 Å². The molecule has 0 rings (SSSR count). The number of rotatable bonds is 10. The molecule has 0 aliphatic carbocycles. The van der Waals surface area contributed by atoms with Gasteiger partial charge in [0.1, 0.15) is 0 Å². The standard InChI is InChI=1S/C9H20S5/c10-2-1-9(7-13-5-3-11)8-14-6-4-12/h9-12H,1-8H2. The topological polar surface area (TPSA) is 0 Å². The van der Waals surface area contributed by atoms with Crippen molar-refractivity contribution in [3.05, 3.63) is 0 Å². The maximum Gasteiger partial charge on any atom is 0.00211 e. The second-order valence-corrected chi connectivity index (χ2v) is 6.62. The fourth-order valence-corrected chi connectivity index (χ4v) is 4.14. The summed E-state index contributed by atoms with van der Waals surface area (Å²) in [6.07, 6.45) is 1.24. The Kier molecular flexibility index (Phi) is 14.4. The highest BCUT2D eigenvalue weighted by Gasteiger charge is 2.07. The molecule has 0 heterocycles. The van der Waals surface area contributed by atoms with Gasteiger partial charge in [0, 0.05) is 11.5 Å². The molecule has 0 bridgehead atoms. The maximum absolute atomic E-state index is 4.30. The van der Waals surface area contributed by atoms with Crippen LogP contribution in [0.15, 0.2) is 0 Å². The summed E-state index contributed by atoms with van der Waals surface area (Å²) in [6.45, 7) is 0. The fraction of sp³-hybridized carbons (Fsp3) is 1.00. The zero-order valence-corrected chi connectivity index (χ0v) is 12.7. The van der Waals surface area contributed by atoms with Gasteiger partial charge < -0.3 is 0 Å². The predicted octanol–water partition coefficient (Wildman–Crippen LogP) is 3.25. The summed E-state index contributed by atoms with van der Waals surface area (Å²) in [4.78, 5) is 0. The second-order valence-electron chi connectivity index (χ2n) is 2.98. The second kappa shape index (κ2) is 12.8. The predicted molar refractivity (Wildman–Crippen MR) is 84.3 cm³/mol. The van der Waals surface area contributed by atoms with Crippen LogP contribution in [0, 0.1) is 5.92 Å². The van der Waals surface area contributed by atoms with Crippen molar-refractivity contribution in [2.45, 2.75) is 6.42 Å². The average Bonchev–Trinajstić information content (AvgIpc) is 2.18. The summed E-state index contributed by atoms with van der Waals surface area (Å²) in [5.41, 5.74) is 0. The van der Waals surface area contributed by atoms with Crippen LogP contribution in [0.1, 0.15) is 6.42 Å². The summed E-state index contributed by atoms with van der Waals surface area (Å²) >= 11 is 16.8. The SMILES string of the molecule is SCCSCC(CCS)CSCCS. The van der Waals surface area contributed by atoms with Crippen molar-refractivity contribution in [1.82, 2.24) is 0 Å². The summed E-state index contributed by atoms with van der Waals surface area (Å²) < 4.78 is 0. The van der Waals surface area contributed by atoms with Crippen LogP contribution >= 0.6 is 61.4 Å². The van der Waals surface area contributed by atoms with Crippen LogP contribution in [0.4, 0.5) is 0 Å². The van der Waals surface area contributed by atoms with E-state index in [2.05, 4.69) is 37.9 Å². The Morgan fingerprint density at radius 1 is 0.786 bits per heavy atom. The van der Waals surface area contributed by atoms with E-state index in [-0.39, 0.29) is 0 Å². The zero-order chi connectivity index (χ0) is 10.6. The molecule has 0 N–H and O–H groups in total. The highest BCUT2D eigenvalue weighted by molar-refractivity contribution is 8.00. The Bertz CT molecular complexity index is 99.4. The molecule has 0 fully saturated rings. The Hall–Kier alpha value is 1.75. The minimum absolute atomic E-state index is 0.822. The lowest BCUT2D eigenvalue weighted by Gasteiger charge is -2.14. The number of hydrogen-bond acceptors (Lipinski definition) is 5. The van der Waals surface area contributed by atoms with Crippen molar-refractivity contribution >= 4 is 61.4 Å².